The van der Waals surface area contributed by atoms with E-state index in [1.165, 1.54) is 0 Å². The molecule has 1 aliphatic rings. The van der Waals surface area contributed by atoms with Gasteiger partial charge in [-0.05, 0) is 13.8 Å². The fraction of sp³-hybridized carbons (Fsp3) is 0.667. The summed E-state index contributed by atoms with van der Waals surface area (Å²) in [5, 5.41) is 2.70. The van der Waals surface area contributed by atoms with Crippen molar-refractivity contribution in [1.82, 2.24) is 10.2 Å². The minimum Gasteiger partial charge on any atom is -0.336 e. The maximum Gasteiger partial charge on any atom is 0.317 e. The average molecular weight is 127 g/mol. The van der Waals surface area contributed by atoms with E-state index in [9.17, 15) is 4.79 Å². The number of nitrogens with one attached hydrogen (secondary N) is 1. The number of hydrogen-bond donors (Lipinski definition) is 1. The van der Waals surface area contributed by atoms with Crippen LogP contribution in [-0.4, -0.2) is 30.1 Å². The summed E-state index contributed by atoms with van der Waals surface area (Å²) in [6.07, 6.45) is 0. The van der Waals surface area contributed by atoms with Gasteiger partial charge >= 0.3 is 6.03 Å². The molecule has 1 atom stereocenters. The summed E-state index contributed by atoms with van der Waals surface area (Å²) in [6, 6.07) is 0.102. The molecule has 1 heterocycles. The molecular formula is C6H11N2O. The van der Waals surface area contributed by atoms with E-state index in [1.807, 2.05) is 6.92 Å². The Bertz CT molecular complexity index is 122. The third kappa shape index (κ3) is 1.15. The number of hydrogen-bond acceptors (Lipinski definition) is 1. The van der Waals surface area contributed by atoms with Crippen molar-refractivity contribution in [3.8, 4) is 0 Å². The molecule has 2 amide bonds. The molecule has 0 aromatic heterocycles. The molecule has 0 aromatic carbocycles. The highest BCUT2D eigenvalue weighted by Gasteiger charge is 2.21. The van der Waals surface area contributed by atoms with Gasteiger partial charge in [-0.2, -0.15) is 0 Å². The Morgan fingerprint density at radius 2 is 2.56 bits per heavy atom. The number of rotatable bonds is 1. The molecule has 0 aromatic rings. The zero-order valence-electron chi connectivity index (χ0n) is 5.55. The molecule has 3 heteroatoms. The predicted molar refractivity (Wildman–Crippen MR) is 34.9 cm³/mol. The molecule has 1 saturated heterocycles. The van der Waals surface area contributed by atoms with E-state index in [0.717, 1.165) is 13.1 Å². The molecule has 0 spiro atoms. The van der Waals surface area contributed by atoms with Gasteiger partial charge in [-0.1, -0.05) is 0 Å². The first kappa shape index (κ1) is 6.39. The lowest BCUT2D eigenvalue weighted by molar-refractivity contribution is 0.210. The minimum atomic E-state index is 0.0116. The highest BCUT2D eigenvalue weighted by atomic mass is 16.2. The van der Waals surface area contributed by atoms with Gasteiger partial charge in [-0.3, -0.25) is 0 Å². The van der Waals surface area contributed by atoms with E-state index in [-0.39, 0.29) is 12.1 Å². The summed E-state index contributed by atoms with van der Waals surface area (Å²) in [6.45, 7) is 7.20. The topological polar surface area (TPSA) is 32.3 Å². The summed E-state index contributed by atoms with van der Waals surface area (Å²) in [5.74, 6) is 0. The fourth-order valence-corrected chi connectivity index (χ4v) is 0.907. The van der Waals surface area contributed by atoms with Gasteiger partial charge in [0.1, 0.15) is 0 Å². The molecule has 0 bridgehead atoms. The predicted octanol–water partition coefficient (Wildman–Crippen LogP) is 0.234. The normalized spacial score (nSPS) is 19.0. The van der Waals surface area contributed by atoms with Crippen LogP contribution in [0.5, 0.6) is 0 Å². The second-order valence-corrected chi connectivity index (χ2v) is 2.27. The molecule has 1 aliphatic heterocycles. The summed E-state index contributed by atoms with van der Waals surface area (Å²) in [5.41, 5.74) is 0. The SMILES string of the molecule is [CH2]C(C)N1CCNC1=O. The van der Waals surface area contributed by atoms with E-state index in [1.54, 1.807) is 4.90 Å². The van der Waals surface area contributed by atoms with Gasteiger partial charge in [0.25, 0.3) is 0 Å². The van der Waals surface area contributed by atoms with Crippen LogP contribution in [0.15, 0.2) is 0 Å². The Balaban J connectivity index is 2.49. The van der Waals surface area contributed by atoms with Crippen LogP contribution in [0.4, 0.5) is 4.79 Å². The van der Waals surface area contributed by atoms with Crippen LogP contribution in [0.1, 0.15) is 6.92 Å². The van der Waals surface area contributed by atoms with Crippen LogP contribution in [0.2, 0.25) is 0 Å². The molecule has 1 N–H and O–H groups in total. The molecule has 9 heavy (non-hydrogen) atoms. The van der Waals surface area contributed by atoms with Crippen LogP contribution in [-0.2, 0) is 0 Å². The first-order valence-electron chi connectivity index (χ1n) is 3.09. The number of amides is 2. The molecule has 1 radical (unpaired) electrons. The molecule has 1 unspecified atom stereocenters. The zero-order valence-corrected chi connectivity index (χ0v) is 5.55. The van der Waals surface area contributed by atoms with Crippen LogP contribution in [0, 0.1) is 6.92 Å². The monoisotopic (exact) mass is 127 g/mol. The standard InChI is InChI=1S/C6H11N2O/c1-5(2)8-4-3-7-6(8)9/h5H,1,3-4H2,2H3,(H,7,9). The first-order valence-corrected chi connectivity index (χ1v) is 3.09. The first-order chi connectivity index (χ1) is 4.22. The Hall–Kier alpha value is -0.730. The molecule has 1 rings (SSSR count). The van der Waals surface area contributed by atoms with Crippen molar-refractivity contribution in [2.75, 3.05) is 13.1 Å². The molecule has 0 aliphatic carbocycles. The van der Waals surface area contributed by atoms with Crippen molar-refractivity contribution < 1.29 is 4.79 Å². The van der Waals surface area contributed by atoms with Gasteiger partial charge in [0.05, 0.1) is 0 Å². The van der Waals surface area contributed by atoms with Crippen LogP contribution in [0.3, 0.4) is 0 Å². The van der Waals surface area contributed by atoms with E-state index in [2.05, 4.69) is 12.2 Å². The highest BCUT2D eigenvalue weighted by molar-refractivity contribution is 5.76. The summed E-state index contributed by atoms with van der Waals surface area (Å²) >= 11 is 0. The van der Waals surface area contributed by atoms with E-state index in [4.69, 9.17) is 0 Å². The highest BCUT2D eigenvalue weighted by Crippen LogP contribution is 2.01. The van der Waals surface area contributed by atoms with Crippen LogP contribution >= 0.6 is 0 Å². The minimum absolute atomic E-state index is 0.0116. The van der Waals surface area contributed by atoms with Crippen molar-refractivity contribution in [2.45, 2.75) is 13.0 Å². The van der Waals surface area contributed by atoms with Crippen molar-refractivity contribution in [2.24, 2.45) is 0 Å². The zero-order chi connectivity index (χ0) is 6.85. The molecule has 0 saturated carbocycles. The maximum absolute atomic E-state index is 10.8. The van der Waals surface area contributed by atoms with Gasteiger partial charge in [0.2, 0.25) is 0 Å². The van der Waals surface area contributed by atoms with Crippen LogP contribution < -0.4 is 5.32 Å². The lowest BCUT2D eigenvalue weighted by atomic mass is 10.3. The van der Waals surface area contributed by atoms with Crippen molar-refractivity contribution in [3.05, 3.63) is 6.92 Å². The Labute approximate surface area is 55.0 Å². The third-order valence-electron chi connectivity index (χ3n) is 1.42. The largest absolute Gasteiger partial charge is 0.336 e. The van der Waals surface area contributed by atoms with Crippen molar-refractivity contribution >= 4 is 6.03 Å². The number of carbonyl (C=O) groups excluding carboxylic acids is 1. The Morgan fingerprint density at radius 3 is 2.78 bits per heavy atom. The van der Waals surface area contributed by atoms with Gasteiger partial charge < -0.3 is 10.2 Å². The summed E-state index contributed by atoms with van der Waals surface area (Å²) in [7, 11) is 0. The van der Waals surface area contributed by atoms with Gasteiger partial charge in [0, 0.05) is 19.1 Å². The van der Waals surface area contributed by atoms with Gasteiger partial charge in [0.15, 0.2) is 0 Å². The second kappa shape index (κ2) is 2.25. The summed E-state index contributed by atoms with van der Waals surface area (Å²) in [4.78, 5) is 12.5. The number of carbonyl (C=O) groups is 1. The summed E-state index contributed by atoms with van der Waals surface area (Å²) < 4.78 is 0. The lowest BCUT2D eigenvalue weighted by Crippen LogP contribution is -2.34. The number of nitrogens with zero attached hydrogens (tertiary/aromatic N) is 1. The Kier molecular flexibility index (Phi) is 1.60. The molecule has 3 nitrogen and oxygen atoms in total. The molecular weight excluding hydrogens is 116 g/mol. The quantitative estimate of drug-likeness (QED) is 0.537. The smallest absolute Gasteiger partial charge is 0.317 e. The average Bonchev–Trinajstić information content (AvgIpc) is 2.13. The molecule has 1 fully saturated rings. The molecule has 51 valence electrons. The lowest BCUT2D eigenvalue weighted by Gasteiger charge is -2.17. The van der Waals surface area contributed by atoms with Gasteiger partial charge in [-0.15, -0.1) is 0 Å². The van der Waals surface area contributed by atoms with E-state index >= 15 is 0 Å². The maximum atomic E-state index is 10.8. The number of urea groups is 1. The van der Waals surface area contributed by atoms with Crippen LogP contribution in [0.25, 0.3) is 0 Å². The van der Waals surface area contributed by atoms with E-state index in [0.29, 0.717) is 0 Å². The fourth-order valence-electron chi connectivity index (χ4n) is 0.907. The second-order valence-electron chi connectivity index (χ2n) is 2.27. The van der Waals surface area contributed by atoms with Crippen molar-refractivity contribution in [3.63, 3.8) is 0 Å². The Morgan fingerprint density at radius 1 is 1.89 bits per heavy atom. The third-order valence-corrected chi connectivity index (χ3v) is 1.42. The van der Waals surface area contributed by atoms with Crippen molar-refractivity contribution in [1.29, 1.82) is 0 Å². The van der Waals surface area contributed by atoms with E-state index < -0.39 is 0 Å². The van der Waals surface area contributed by atoms with Gasteiger partial charge in [-0.25, -0.2) is 4.79 Å².